The van der Waals surface area contributed by atoms with Gasteiger partial charge in [-0.2, -0.15) is 5.10 Å². The maximum Gasteiger partial charge on any atom is 0.181 e. The van der Waals surface area contributed by atoms with Gasteiger partial charge in [0.05, 0.1) is 25.4 Å². The van der Waals surface area contributed by atoms with Crippen molar-refractivity contribution in [2.24, 2.45) is 0 Å². The van der Waals surface area contributed by atoms with Gasteiger partial charge in [0.15, 0.2) is 5.82 Å². The number of hydrogen-bond donors (Lipinski definition) is 1. The largest absolute Gasteiger partial charge is 0.389 e. The van der Waals surface area contributed by atoms with Crippen LogP contribution in [0.25, 0.3) is 11.4 Å². The number of aliphatic hydroxyl groups excluding tert-OH is 1. The fourth-order valence-electron chi connectivity index (χ4n) is 2.46. The van der Waals surface area contributed by atoms with Crippen molar-refractivity contribution in [1.82, 2.24) is 14.8 Å². The first-order valence-corrected chi connectivity index (χ1v) is 7.63. The van der Waals surface area contributed by atoms with Gasteiger partial charge in [0, 0.05) is 18.8 Å². The minimum Gasteiger partial charge on any atom is -0.389 e. The van der Waals surface area contributed by atoms with Crippen molar-refractivity contribution in [2.75, 3.05) is 19.8 Å². The van der Waals surface area contributed by atoms with E-state index in [1.165, 1.54) is 0 Å². The van der Waals surface area contributed by atoms with Crippen LogP contribution in [-0.4, -0.2) is 51.9 Å². The quantitative estimate of drug-likeness (QED) is 0.876. The molecule has 3 rings (SSSR count). The first-order chi connectivity index (χ1) is 10.8. The van der Waals surface area contributed by atoms with E-state index in [0.29, 0.717) is 19.0 Å². The van der Waals surface area contributed by atoms with Crippen molar-refractivity contribution < 1.29 is 14.6 Å². The van der Waals surface area contributed by atoms with Crippen LogP contribution in [0.15, 0.2) is 36.7 Å². The van der Waals surface area contributed by atoms with Crippen molar-refractivity contribution in [3.05, 3.63) is 36.7 Å². The van der Waals surface area contributed by atoms with Crippen LogP contribution in [0, 0.1) is 0 Å². The third-order valence-corrected chi connectivity index (χ3v) is 3.66. The van der Waals surface area contributed by atoms with Crippen LogP contribution in [0.5, 0.6) is 0 Å². The Morgan fingerprint density at radius 1 is 1.27 bits per heavy atom. The topological polar surface area (TPSA) is 69.4 Å². The van der Waals surface area contributed by atoms with Crippen LogP contribution in [0.4, 0.5) is 0 Å². The van der Waals surface area contributed by atoms with Crippen molar-refractivity contribution in [3.63, 3.8) is 0 Å². The van der Waals surface area contributed by atoms with Crippen LogP contribution in [-0.2, 0) is 16.0 Å². The van der Waals surface area contributed by atoms with Gasteiger partial charge in [-0.15, -0.1) is 0 Å². The van der Waals surface area contributed by atoms with E-state index in [1.807, 2.05) is 30.3 Å². The molecule has 2 aromatic rings. The van der Waals surface area contributed by atoms with Gasteiger partial charge in [-0.3, -0.25) is 0 Å². The van der Waals surface area contributed by atoms with Gasteiger partial charge in [0.2, 0.25) is 0 Å². The van der Waals surface area contributed by atoms with Gasteiger partial charge in [-0.1, -0.05) is 30.3 Å². The molecule has 1 unspecified atom stereocenters. The van der Waals surface area contributed by atoms with E-state index < -0.39 is 6.10 Å². The summed E-state index contributed by atoms with van der Waals surface area (Å²) in [6.07, 6.45) is 3.04. The lowest BCUT2D eigenvalue weighted by molar-refractivity contribution is -0.0622. The molecule has 1 atom stereocenters. The molecule has 0 amide bonds. The van der Waals surface area contributed by atoms with Gasteiger partial charge < -0.3 is 14.6 Å². The zero-order valence-electron chi connectivity index (χ0n) is 12.5. The Hall–Kier alpha value is -1.76. The lowest BCUT2D eigenvalue weighted by atomic mass is 10.1. The Morgan fingerprint density at radius 2 is 2.05 bits per heavy atom. The number of aliphatic hydroxyl groups is 1. The van der Waals surface area contributed by atoms with Crippen LogP contribution in [0.1, 0.15) is 12.8 Å². The Balaban J connectivity index is 1.49. The summed E-state index contributed by atoms with van der Waals surface area (Å²) in [5.41, 5.74) is 0.967. The normalized spacial score (nSPS) is 17.5. The molecule has 1 aromatic heterocycles. The summed E-state index contributed by atoms with van der Waals surface area (Å²) in [5, 5.41) is 14.5. The SMILES string of the molecule is OC(COC1CCOCC1)Cn1cnc(-c2ccccc2)n1. The number of aromatic nitrogens is 3. The third kappa shape index (κ3) is 4.13. The molecule has 2 heterocycles. The maximum atomic E-state index is 10.1. The Labute approximate surface area is 129 Å². The highest BCUT2D eigenvalue weighted by atomic mass is 16.5. The van der Waals surface area contributed by atoms with Crippen molar-refractivity contribution in [3.8, 4) is 11.4 Å². The highest BCUT2D eigenvalue weighted by molar-refractivity contribution is 5.53. The van der Waals surface area contributed by atoms with Gasteiger partial charge in [0.25, 0.3) is 0 Å². The molecule has 6 heteroatoms. The third-order valence-electron chi connectivity index (χ3n) is 3.66. The average molecular weight is 303 g/mol. The van der Waals surface area contributed by atoms with Crippen molar-refractivity contribution >= 4 is 0 Å². The molecule has 1 aliphatic rings. The molecular weight excluding hydrogens is 282 g/mol. The fraction of sp³-hybridized carbons (Fsp3) is 0.500. The summed E-state index contributed by atoms with van der Waals surface area (Å²) >= 11 is 0. The number of ether oxygens (including phenoxy) is 2. The van der Waals surface area contributed by atoms with Crippen LogP contribution >= 0.6 is 0 Å². The minimum atomic E-state index is -0.590. The summed E-state index contributed by atoms with van der Waals surface area (Å²) in [7, 11) is 0. The van der Waals surface area contributed by atoms with E-state index in [2.05, 4.69) is 10.1 Å². The molecule has 1 fully saturated rings. The molecular formula is C16H21N3O3. The second-order valence-electron chi connectivity index (χ2n) is 5.46. The Morgan fingerprint density at radius 3 is 2.82 bits per heavy atom. The molecule has 118 valence electrons. The number of rotatable bonds is 6. The zero-order valence-corrected chi connectivity index (χ0v) is 12.5. The summed E-state index contributed by atoms with van der Waals surface area (Å²) in [4.78, 5) is 4.27. The number of nitrogens with zero attached hydrogens (tertiary/aromatic N) is 3. The molecule has 0 saturated carbocycles. The van der Waals surface area contributed by atoms with Crippen LogP contribution in [0.2, 0.25) is 0 Å². The lowest BCUT2D eigenvalue weighted by Crippen LogP contribution is -2.29. The summed E-state index contributed by atoms with van der Waals surface area (Å²) in [6, 6.07) is 9.78. The zero-order chi connectivity index (χ0) is 15.2. The van der Waals surface area contributed by atoms with Crippen LogP contribution < -0.4 is 0 Å². The predicted octanol–water partition coefficient (Wildman–Crippen LogP) is 1.50. The van der Waals surface area contributed by atoms with Crippen molar-refractivity contribution in [1.29, 1.82) is 0 Å². The molecule has 1 saturated heterocycles. The molecule has 0 bridgehead atoms. The molecule has 1 aromatic carbocycles. The molecule has 0 spiro atoms. The molecule has 0 aliphatic carbocycles. The highest BCUT2D eigenvalue weighted by Gasteiger charge is 2.16. The standard InChI is InChI=1S/C16H21N3O3/c20-14(11-22-15-6-8-21-9-7-15)10-19-12-17-16(18-19)13-4-2-1-3-5-13/h1-5,12,14-15,20H,6-11H2. The van der Waals surface area contributed by atoms with Crippen LogP contribution in [0.3, 0.4) is 0 Å². The van der Waals surface area contributed by atoms with Gasteiger partial charge in [0.1, 0.15) is 6.33 Å². The summed E-state index contributed by atoms with van der Waals surface area (Å²) in [6.45, 7) is 2.17. The monoisotopic (exact) mass is 303 g/mol. The van der Waals surface area contributed by atoms with E-state index in [4.69, 9.17) is 9.47 Å². The molecule has 1 aliphatic heterocycles. The van der Waals surface area contributed by atoms with E-state index in [0.717, 1.165) is 31.6 Å². The Bertz CT molecular complexity index is 567. The fourth-order valence-corrected chi connectivity index (χ4v) is 2.46. The highest BCUT2D eigenvalue weighted by Crippen LogP contribution is 2.13. The molecule has 22 heavy (non-hydrogen) atoms. The second-order valence-corrected chi connectivity index (χ2v) is 5.46. The van der Waals surface area contributed by atoms with Gasteiger partial charge >= 0.3 is 0 Å². The van der Waals surface area contributed by atoms with E-state index in [-0.39, 0.29) is 6.10 Å². The summed E-state index contributed by atoms with van der Waals surface area (Å²) < 4.78 is 12.7. The second kappa shape index (κ2) is 7.49. The first-order valence-electron chi connectivity index (χ1n) is 7.63. The minimum absolute atomic E-state index is 0.194. The van der Waals surface area contributed by atoms with E-state index >= 15 is 0 Å². The average Bonchev–Trinajstić information content (AvgIpc) is 3.03. The van der Waals surface area contributed by atoms with E-state index in [1.54, 1.807) is 11.0 Å². The Kier molecular flexibility index (Phi) is 5.15. The predicted molar refractivity (Wildman–Crippen MR) is 81.3 cm³/mol. The molecule has 6 nitrogen and oxygen atoms in total. The maximum absolute atomic E-state index is 10.1. The van der Waals surface area contributed by atoms with Gasteiger partial charge in [-0.25, -0.2) is 9.67 Å². The van der Waals surface area contributed by atoms with Crippen molar-refractivity contribution in [2.45, 2.75) is 31.6 Å². The number of benzene rings is 1. The lowest BCUT2D eigenvalue weighted by Gasteiger charge is -2.23. The smallest absolute Gasteiger partial charge is 0.181 e. The van der Waals surface area contributed by atoms with Gasteiger partial charge in [-0.05, 0) is 12.8 Å². The first kappa shape index (κ1) is 15.1. The summed E-state index contributed by atoms with van der Waals surface area (Å²) in [5.74, 6) is 0.665. The molecule has 0 radical (unpaired) electrons. The molecule has 1 N–H and O–H groups in total. The number of hydrogen-bond acceptors (Lipinski definition) is 5. The van der Waals surface area contributed by atoms with E-state index in [9.17, 15) is 5.11 Å².